The lowest BCUT2D eigenvalue weighted by molar-refractivity contribution is -0.127. The molecule has 0 saturated heterocycles. The zero-order valence-electron chi connectivity index (χ0n) is 20.9. The Morgan fingerprint density at radius 1 is 1.03 bits per heavy atom. The number of hydrogen-bond acceptors (Lipinski definition) is 4. The van der Waals surface area contributed by atoms with Crippen LogP contribution in [0.5, 0.6) is 0 Å². The monoisotopic (exact) mass is 503 g/mol. The molecule has 194 valence electrons. The average Bonchev–Trinajstić information content (AvgIpc) is 3.42. The lowest BCUT2D eigenvalue weighted by Gasteiger charge is -2.29. The molecule has 0 bridgehead atoms. The zero-order chi connectivity index (χ0) is 26.2. The molecule has 9 heteroatoms. The number of carbonyl (C=O) groups is 3. The third kappa shape index (κ3) is 6.97. The van der Waals surface area contributed by atoms with Crippen molar-refractivity contribution < 1.29 is 19.5 Å². The first-order valence-corrected chi connectivity index (χ1v) is 12.6. The summed E-state index contributed by atoms with van der Waals surface area (Å²) in [5, 5.41) is 17.1. The molecule has 37 heavy (non-hydrogen) atoms. The van der Waals surface area contributed by atoms with Crippen LogP contribution in [0.4, 0.5) is 4.79 Å². The van der Waals surface area contributed by atoms with Gasteiger partial charge < -0.3 is 26.0 Å². The standard InChI is InChI=1S/C28H33N5O4/c1-29-26(34)21-13-11-20(12-14-21)24-17-30-25(32-24)23(15-18-5-3-2-4-6-18)33-27(35)22-9-7-19(8-10-22)16-31-28(36)37/h2-6,11-14,17,19,22-23,31H,7-10,15-16H2,1H3,(H,29,34)(H,30,32)(H,33,35)(H,36,37)/t19-,22-,23-/m0/s1. The molecule has 1 atom stereocenters. The van der Waals surface area contributed by atoms with Crippen LogP contribution in [0.25, 0.3) is 11.3 Å². The van der Waals surface area contributed by atoms with Crippen molar-refractivity contribution in [3.05, 3.63) is 77.7 Å². The van der Waals surface area contributed by atoms with Gasteiger partial charge in [0.15, 0.2) is 0 Å². The predicted octanol–water partition coefficient (Wildman–Crippen LogP) is 3.91. The number of rotatable bonds is 9. The Balaban J connectivity index is 1.46. The third-order valence-electron chi connectivity index (χ3n) is 6.96. The minimum Gasteiger partial charge on any atom is -0.465 e. The molecule has 9 nitrogen and oxygen atoms in total. The highest BCUT2D eigenvalue weighted by Crippen LogP contribution is 2.30. The van der Waals surface area contributed by atoms with Crippen LogP contribution >= 0.6 is 0 Å². The molecule has 0 radical (unpaired) electrons. The van der Waals surface area contributed by atoms with E-state index in [0.717, 1.165) is 42.5 Å². The normalized spacial score (nSPS) is 18.0. The third-order valence-corrected chi connectivity index (χ3v) is 6.96. The lowest BCUT2D eigenvalue weighted by atomic mass is 9.81. The van der Waals surface area contributed by atoms with Gasteiger partial charge in [-0.2, -0.15) is 0 Å². The molecule has 1 fully saturated rings. The van der Waals surface area contributed by atoms with Gasteiger partial charge in [-0.1, -0.05) is 42.5 Å². The van der Waals surface area contributed by atoms with Crippen molar-refractivity contribution in [1.82, 2.24) is 25.9 Å². The highest BCUT2D eigenvalue weighted by molar-refractivity contribution is 5.94. The van der Waals surface area contributed by atoms with E-state index in [-0.39, 0.29) is 29.7 Å². The number of amides is 3. The van der Waals surface area contributed by atoms with Crippen LogP contribution in [0.15, 0.2) is 60.8 Å². The molecular weight excluding hydrogens is 470 g/mol. The fourth-order valence-corrected chi connectivity index (χ4v) is 4.82. The first-order chi connectivity index (χ1) is 17.9. The number of carbonyl (C=O) groups excluding carboxylic acids is 2. The average molecular weight is 504 g/mol. The molecule has 4 rings (SSSR count). The molecule has 1 saturated carbocycles. The van der Waals surface area contributed by atoms with E-state index in [1.54, 1.807) is 19.2 Å². The Hall–Kier alpha value is -4.14. The van der Waals surface area contributed by atoms with Gasteiger partial charge in [0, 0.05) is 36.8 Å². The second-order valence-electron chi connectivity index (χ2n) is 9.48. The number of nitrogens with one attached hydrogen (secondary N) is 4. The van der Waals surface area contributed by atoms with Gasteiger partial charge in [0.05, 0.1) is 11.7 Å². The smallest absolute Gasteiger partial charge is 0.404 e. The number of imidazole rings is 1. The van der Waals surface area contributed by atoms with Gasteiger partial charge in [-0.25, -0.2) is 9.78 Å². The largest absolute Gasteiger partial charge is 0.465 e. The van der Waals surface area contributed by atoms with Crippen LogP contribution in [0.1, 0.15) is 53.5 Å². The van der Waals surface area contributed by atoms with E-state index in [0.29, 0.717) is 24.4 Å². The van der Waals surface area contributed by atoms with E-state index in [2.05, 4.69) is 20.9 Å². The maximum Gasteiger partial charge on any atom is 0.404 e. The molecule has 3 amide bonds. The van der Waals surface area contributed by atoms with Gasteiger partial charge >= 0.3 is 6.09 Å². The maximum absolute atomic E-state index is 13.3. The fourth-order valence-electron chi connectivity index (χ4n) is 4.82. The highest BCUT2D eigenvalue weighted by atomic mass is 16.4. The molecule has 1 aromatic heterocycles. The van der Waals surface area contributed by atoms with Gasteiger partial charge in [0.2, 0.25) is 5.91 Å². The highest BCUT2D eigenvalue weighted by Gasteiger charge is 2.29. The maximum atomic E-state index is 13.3. The quantitative estimate of drug-likeness (QED) is 0.302. The van der Waals surface area contributed by atoms with Crippen molar-refractivity contribution >= 4 is 17.9 Å². The first-order valence-electron chi connectivity index (χ1n) is 12.6. The molecule has 1 aliphatic rings. The number of aromatic amines is 1. The summed E-state index contributed by atoms with van der Waals surface area (Å²) in [6.45, 7) is 0.430. The molecule has 0 spiro atoms. The van der Waals surface area contributed by atoms with Gasteiger partial charge in [0.25, 0.3) is 5.91 Å². The van der Waals surface area contributed by atoms with Gasteiger partial charge in [-0.05, 0) is 55.7 Å². The van der Waals surface area contributed by atoms with Crippen LogP contribution in [-0.4, -0.2) is 46.6 Å². The number of carboxylic acid groups (broad SMARTS) is 1. The Labute approximate surface area is 216 Å². The summed E-state index contributed by atoms with van der Waals surface area (Å²) < 4.78 is 0. The van der Waals surface area contributed by atoms with Gasteiger partial charge in [0.1, 0.15) is 5.82 Å². The summed E-state index contributed by atoms with van der Waals surface area (Å²) >= 11 is 0. The molecule has 2 aromatic carbocycles. The van der Waals surface area contributed by atoms with Crippen LogP contribution in [0, 0.1) is 11.8 Å². The molecule has 5 N–H and O–H groups in total. The van der Waals surface area contributed by atoms with E-state index in [1.165, 1.54) is 0 Å². The summed E-state index contributed by atoms with van der Waals surface area (Å²) in [5.74, 6) is 0.682. The zero-order valence-corrected chi connectivity index (χ0v) is 20.9. The van der Waals surface area contributed by atoms with E-state index >= 15 is 0 Å². The molecular formula is C28H33N5O4. The van der Waals surface area contributed by atoms with Crippen molar-refractivity contribution in [3.8, 4) is 11.3 Å². The lowest BCUT2D eigenvalue weighted by Crippen LogP contribution is -2.38. The summed E-state index contributed by atoms with van der Waals surface area (Å²) in [6.07, 6.45) is 4.50. The van der Waals surface area contributed by atoms with Gasteiger partial charge in [-0.15, -0.1) is 0 Å². The van der Waals surface area contributed by atoms with Crippen LogP contribution < -0.4 is 16.0 Å². The van der Waals surface area contributed by atoms with E-state index in [1.807, 2.05) is 48.7 Å². The molecule has 1 heterocycles. The Kier molecular flexibility index (Phi) is 8.56. The summed E-state index contributed by atoms with van der Waals surface area (Å²) in [4.78, 5) is 43.9. The van der Waals surface area contributed by atoms with E-state index in [4.69, 9.17) is 10.1 Å². The molecule has 1 aliphatic carbocycles. The van der Waals surface area contributed by atoms with E-state index in [9.17, 15) is 14.4 Å². The Bertz CT molecular complexity index is 1200. The molecule has 0 aliphatic heterocycles. The van der Waals surface area contributed by atoms with Crippen molar-refractivity contribution in [3.63, 3.8) is 0 Å². The number of nitrogens with zero attached hydrogens (tertiary/aromatic N) is 1. The van der Waals surface area contributed by atoms with Crippen LogP contribution in [0.2, 0.25) is 0 Å². The fraction of sp³-hybridized carbons (Fsp3) is 0.357. The number of aromatic nitrogens is 2. The minimum atomic E-state index is -1.01. The molecule has 0 unspecified atom stereocenters. The Morgan fingerprint density at radius 2 is 1.73 bits per heavy atom. The number of hydrogen-bond donors (Lipinski definition) is 5. The SMILES string of the molecule is CNC(=O)c1ccc(-c2c[nH]c([C@H](Cc3ccccc3)NC(=O)[C@H]3CC[C@H](CNC(=O)O)CC3)n2)cc1. The number of H-pyrrole nitrogens is 1. The van der Waals surface area contributed by atoms with Crippen LogP contribution in [-0.2, 0) is 11.2 Å². The Morgan fingerprint density at radius 3 is 2.38 bits per heavy atom. The summed E-state index contributed by atoms with van der Waals surface area (Å²) in [7, 11) is 1.60. The second-order valence-corrected chi connectivity index (χ2v) is 9.48. The van der Waals surface area contributed by atoms with E-state index < -0.39 is 6.09 Å². The first kappa shape index (κ1) is 25.9. The minimum absolute atomic E-state index is 0.00143. The topological polar surface area (TPSA) is 136 Å². The molecule has 3 aromatic rings. The van der Waals surface area contributed by atoms with Gasteiger partial charge in [-0.3, -0.25) is 9.59 Å². The summed E-state index contributed by atoms with van der Waals surface area (Å²) in [5.41, 5.74) is 3.26. The number of benzene rings is 2. The summed E-state index contributed by atoms with van der Waals surface area (Å²) in [6, 6.07) is 16.9. The van der Waals surface area contributed by atoms with Crippen molar-refractivity contribution in [2.45, 2.75) is 38.1 Å². The van der Waals surface area contributed by atoms with Crippen molar-refractivity contribution in [2.24, 2.45) is 11.8 Å². The van der Waals surface area contributed by atoms with Crippen molar-refractivity contribution in [1.29, 1.82) is 0 Å². The van der Waals surface area contributed by atoms with Crippen molar-refractivity contribution in [2.75, 3.05) is 13.6 Å². The predicted molar refractivity (Wildman–Crippen MR) is 140 cm³/mol. The van der Waals surface area contributed by atoms with Crippen LogP contribution in [0.3, 0.4) is 0 Å². The second kappa shape index (κ2) is 12.2.